The first-order chi connectivity index (χ1) is 9.02. The lowest BCUT2D eigenvalue weighted by molar-refractivity contribution is -0.137. The summed E-state index contributed by atoms with van der Waals surface area (Å²) in [6.07, 6.45) is -4.41. The second kappa shape index (κ2) is 5.79. The third-order valence-corrected chi connectivity index (χ3v) is 3.12. The molecular formula is C13H17F3N2O. The van der Waals surface area contributed by atoms with E-state index in [2.05, 4.69) is 5.32 Å². The van der Waals surface area contributed by atoms with Gasteiger partial charge in [0.15, 0.2) is 0 Å². The Bertz CT molecular complexity index is 421. The minimum atomic E-state index is -4.33. The fraction of sp³-hybridized carbons (Fsp3) is 0.538. The summed E-state index contributed by atoms with van der Waals surface area (Å²) in [6, 6.07) is 5.69. The number of hydrogen-bond donors (Lipinski definition) is 1. The Morgan fingerprint density at radius 3 is 2.79 bits per heavy atom. The van der Waals surface area contributed by atoms with E-state index in [1.807, 2.05) is 0 Å². The first-order valence-electron chi connectivity index (χ1n) is 6.19. The lowest BCUT2D eigenvalue weighted by Crippen LogP contribution is -2.46. The Hall–Kier alpha value is -1.27. The van der Waals surface area contributed by atoms with Gasteiger partial charge in [-0.25, -0.2) is 0 Å². The summed E-state index contributed by atoms with van der Waals surface area (Å²) in [5.41, 5.74) is -0.348. The van der Waals surface area contributed by atoms with E-state index >= 15 is 0 Å². The fourth-order valence-electron chi connectivity index (χ4n) is 2.28. The van der Waals surface area contributed by atoms with Crippen molar-refractivity contribution in [1.82, 2.24) is 5.32 Å². The second-order valence-corrected chi connectivity index (χ2v) is 4.51. The molecule has 1 aliphatic rings. The number of nitrogens with one attached hydrogen (secondary N) is 1. The van der Waals surface area contributed by atoms with Crippen LogP contribution in [0.1, 0.15) is 5.56 Å². The Morgan fingerprint density at radius 1 is 1.37 bits per heavy atom. The molecule has 0 aromatic heterocycles. The molecule has 3 nitrogen and oxygen atoms in total. The average Bonchev–Trinajstić information content (AvgIpc) is 2.38. The quantitative estimate of drug-likeness (QED) is 0.914. The summed E-state index contributed by atoms with van der Waals surface area (Å²) in [5, 5.41) is 2.98. The van der Waals surface area contributed by atoms with Crippen LogP contribution in [0.25, 0.3) is 0 Å². The number of anilines is 1. The Balaban J connectivity index is 2.21. The SMILES string of the molecule is CNCC1CN(c2ccccc2C(F)(F)F)CCO1. The van der Waals surface area contributed by atoms with E-state index in [9.17, 15) is 13.2 Å². The van der Waals surface area contributed by atoms with Gasteiger partial charge in [0.2, 0.25) is 0 Å². The second-order valence-electron chi connectivity index (χ2n) is 4.51. The molecule has 1 heterocycles. The largest absolute Gasteiger partial charge is 0.418 e. The number of likely N-dealkylation sites (N-methyl/N-ethyl adjacent to an activating group) is 1. The molecule has 106 valence electrons. The van der Waals surface area contributed by atoms with E-state index in [-0.39, 0.29) is 11.8 Å². The maximum atomic E-state index is 13.0. The first-order valence-corrected chi connectivity index (χ1v) is 6.19. The Kier molecular flexibility index (Phi) is 4.31. The summed E-state index contributed by atoms with van der Waals surface area (Å²) in [7, 11) is 1.80. The number of benzene rings is 1. The van der Waals surface area contributed by atoms with Gasteiger partial charge in [0.05, 0.1) is 18.3 Å². The Morgan fingerprint density at radius 2 is 2.11 bits per heavy atom. The summed E-state index contributed by atoms with van der Waals surface area (Å²) in [4.78, 5) is 1.74. The zero-order chi connectivity index (χ0) is 13.9. The zero-order valence-electron chi connectivity index (χ0n) is 10.7. The number of hydrogen-bond acceptors (Lipinski definition) is 3. The van der Waals surface area contributed by atoms with Crippen molar-refractivity contribution in [2.24, 2.45) is 0 Å². The molecule has 1 unspecified atom stereocenters. The van der Waals surface area contributed by atoms with Crippen LogP contribution in [0.15, 0.2) is 24.3 Å². The molecule has 0 bridgehead atoms. The first kappa shape index (κ1) is 14.1. The lowest BCUT2D eigenvalue weighted by atomic mass is 10.1. The van der Waals surface area contributed by atoms with E-state index in [1.165, 1.54) is 12.1 Å². The number of nitrogens with zero attached hydrogens (tertiary/aromatic N) is 1. The highest BCUT2D eigenvalue weighted by molar-refractivity contribution is 5.55. The van der Waals surface area contributed by atoms with E-state index in [0.717, 1.165) is 6.07 Å². The van der Waals surface area contributed by atoms with Crippen molar-refractivity contribution in [3.05, 3.63) is 29.8 Å². The van der Waals surface area contributed by atoms with Crippen LogP contribution in [0.5, 0.6) is 0 Å². The minimum absolute atomic E-state index is 0.0833. The zero-order valence-corrected chi connectivity index (χ0v) is 10.7. The molecule has 1 fully saturated rings. The number of ether oxygens (including phenoxy) is 1. The summed E-state index contributed by atoms with van der Waals surface area (Å²) < 4.78 is 44.4. The number of morpholine rings is 1. The molecule has 6 heteroatoms. The summed E-state index contributed by atoms with van der Waals surface area (Å²) in [5.74, 6) is 0. The van der Waals surface area contributed by atoms with Gasteiger partial charge in [-0.1, -0.05) is 12.1 Å². The average molecular weight is 274 g/mol. The molecule has 1 aliphatic heterocycles. The van der Waals surface area contributed by atoms with Crippen LogP contribution in [0.3, 0.4) is 0 Å². The fourth-order valence-corrected chi connectivity index (χ4v) is 2.28. The van der Waals surface area contributed by atoms with Crippen molar-refractivity contribution in [3.63, 3.8) is 0 Å². The highest BCUT2D eigenvalue weighted by Gasteiger charge is 2.35. The van der Waals surface area contributed by atoms with Crippen molar-refractivity contribution in [3.8, 4) is 0 Å². The van der Waals surface area contributed by atoms with Crippen LogP contribution >= 0.6 is 0 Å². The summed E-state index contributed by atoms with van der Waals surface area (Å²) >= 11 is 0. The van der Waals surface area contributed by atoms with Gasteiger partial charge in [-0.2, -0.15) is 13.2 Å². The number of halogens is 3. The molecule has 1 N–H and O–H groups in total. The predicted octanol–water partition coefficient (Wildman–Crippen LogP) is 2.13. The van der Waals surface area contributed by atoms with Crippen LogP contribution in [0.2, 0.25) is 0 Å². The predicted molar refractivity (Wildman–Crippen MR) is 67.3 cm³/mol. The smallest absolute Gasteiger partial charge is 0.373 e. The topological polar surface area (TPSA) is 24.5 Å². The lowest BCUT2D eigenvalue weighted by Gasteiger charge is -2.35. The normalized spacial score (nSPS) is 20.6. The van der Waals surface area contributed by atoms with E-state index in [4.69, 9.17) is 4.74 Å². The Labute approximate surface area is 110 Å². The van der Waals surface area contributed by atoms with Crippen molar-refractivity contribution >= 4 is 5.69 Å². The third-order valence-electron chi connectivity index (χ3n) is 3.12. The highest BCUT2D eigenvalue weighted by atomic mass is 19.4. The van der Waals surface area contributed by atoms with E-state index in [1.54, 1.807) is 18.0 Å². The molecular weight excluding hydrogens is 257 g/mol. The minimum Gasteiger partial charge on any atom is -0.373 e. The van der Waals surface area contributed by atoms with Crippen LogP contribution < -0.4 is 10.2 Å². The molecule has 0 radical (unpaired) electrons. The van der Waals surface area contributed by atoms with Gasteiger partial charge in [0, 0.05) is 25.3 Å². The molecule has 0 amide bonds. The van der Waals surface area contributed by atoms with Gasteiger partial charge in [-0.15, -0.1) is 0 Å². The van der Waals surface area contributed by atoms with Crippen LogP contribution in [0.4, 0.5) is 18.9 Å². The standard InChI is InChI=1S/C13H17F3N2O/c1-17-8-10-9-18(6-7-19-10)12-5-3-2-4-11(12)13(14,15)16/h2-5,10,17H,6-9H2,1H3. The molecule has 1 aromatic carbocycles. The molecule has 0 saturated carbocycles. The van der Waals surface area contributed by atoms with Crippen molar-refractivity contribution in [2.75, 3.05) is 38.2 Å². The van der Waals surface area contributed by atoms with E-state index < -0.39 is 11.7 Å². The van der Waals surface area contributed by atoms with Gasteiger partial charge in [0.25, 0.3) is 0 Å². The molecule has 19 heavy (non-hydrogen) atoms. The third kappa shape index (κ3) is 3.39. The maximum Gasteiger partial charge on any atom is 0.418 e. The van der Waals surface area contributed by atoms with Gasteiger partial charge < -0.3 is 15.0 Å². The van der Waals surface area contributed by atoms with Crippen molar-refractivity contribution in [1.29, 1.82) is 0 Å². The van der Waals surface area contributed by atoms with Crippen LogP contribution in [-0.4, -0.2) is 39.4 Å². The molecule has 0 aliphatic carbocycles. The molecule has 1 atom stereocenters. The molecule has 2 rings (SSSR count). The van der Waals surface area contributed by atoms with Crippen LogP contribution in [0, 0.1) is 0 Å². The monoisotopic (exact) mass is 274 g/mol. The number of para-hydroxylation sites is 1. The highest BCUT2D eigenvalue weighted by Crippen LogP contribution is 2.36. The number of alkyl halides is 3. The summed E-state index contributed by atoms with van der Waals surface area (Å²) in [6.45, 7) is 2.02. The number of rotatable bonds is 3. The van der Waals surface area contributed by atoms with Gasteiger partial charge >= 0.3 is 6.18 Å². The van der Waals surface area contributed by atoms with E-state index in [0.29, 0.717) is 26.2 Å². The molecule has 0 spiro atoms. The van der Waals surface area contributed by atoms with Crippen molar-refractivity contribution in [2.45, 2.75) is 12.3 Å². The van der Waals surface area contributed by atoms with Gasteiger partial charge in [0.1, 0.15) is 0 Å². The van der Waals surface area contributed by atoms with Crippen LogP contribution in [-0.2, 0) is 10.9 Å². The maximum absolute atomic E-state index is 13.0. The molecule has 1 aromatic rings. The van der Waals surface area contributed by atoms with Gasteiger partial charge in [-0.3, -0.25) is 0 Å². The van der Waals surface area contributed by atoms with Gasteiger partial charge in [-0.05, 0) is 19.2 Å². The molecule has 1 saturated heterocycles. The van der Waals surface area contributed by atoms with Crippen molar-refractivity contribution < 1.29 is 17.9 Å².